The monoisotopic (exact) mass is 254 g/mol. The van der Waals surface area contributed by atoms with Crippen LogP contribution in [-0.4, -0.2) is 37.7 Å². The van der Waals surface area contributed by atoms with Crippen LogP contribution in [0.15, 0.2) is 0 Å². The van der Waals surface area contributed by atoms with E-state index in [1.807, 2.05) is 0 Å². The van der Waals surface area contributed by atoms with Crippen LogP contribution in [0, 0.1) is 11.3 Å². The van der Waals surface area contributed by atoms with Gasteiger partial charge in [-0.2, -0.15) is 0 Å². The summed E-state index contributed by atoms with van der Waals surface area (Å²) in [5.74, 6) is 0.695. The summed E-state index contributed by atoms with van der Waals surface area (Å²) in [5.41, 5.74) is 0.149. The quantitative estimate of drug-likeness (QED) is 0.777. The fourth-order valence-corrected chi connectivity index (χ4v) is 3.47. The van der Waals surface area contributed by atoms with E-state index in [0.29, 0.717) is 24.6 Å². The lowest BCUT2D eigenvalue weighted by molar-refractivity contribution is -0.192. The molecule has 3 atom stereocenters. The average Bonchev–Trinajstić information content (AvgIpc) is 2.36. The molecule has 1 aliphatic heterocycles. The van der Waals surface area contributed by atoms with Gasteiger partial charge in [-0.25, -0.2) is 0 Å². The zero-order valence-electron chi connectivity index (χ0n) is 11.8. The average molecular weight is 254 g/mol. The van der Waals surface area contributed by atoms with Gasteiger partial charge in [0.2, 0.25) is 5.91 Å². The lowest BCUT2D eigenvalue weighted by atomic mass is 9.55. The highest BCUT2D eigenvalue weighted by Gasteiger charge is 2.57. The van der Waals surface area contributed by atoms with Gasteiger partial charge in [-0.05, 0) is 19.3 Å². The molecule has 1 saturated heterocycles. The van der Waals surface area contributed by atoms with Crippen molar-refractivity contribution in [2.45, 2.75) is 52.2 Å². The molecular weight excluding hydrogens is 228 g/mol. The lowest BCUT2D eigenvalue weighted by Crippen LogP contribution is -2.69. The lowest BCUT2D eigenvalue weighted by Gasteiger charge is -2.60. The van der Waals surface area contributed by atoms with Gasteiger partial charge in [0.1, 0.15) is 0 Å². The molecule has 2 fully saturated rings. The maximum Gasteiger partial charge on any atom is 0.233 e. The Bertz CT molecular complexity index is 304. The topological polar surface area (TPSA) is 50.4 Å². The standard InChI is InChI=1S/C14H26N2O2/c1-4-7-15-11(17)9-16-12-10-6-5-8-18-13(10)14(12,2)3/h10,12-13,16H,4-9H2,1-3H3,(H,15,17). The summed E-state index contributed by atoms with van der Waals surface area (Å²) in [4.78, 5) is 11.6. The number of hydrogen-bond acceptors (Lipinski definition) is 3. The van der Waals surface area contributed by atoms with E-state index in [4.69, 9.17) is 4.74 Å². The van der Waals surface area contributed by atoms with E-state index < -0.39 is 0 Å². The van der Waals surface area contributed by atoms with Gasteiger partial charge in [-0.3, -0.25) is 4.79 Å². The first-order valence-corrected chi connectivity index (χ1v) is 7.19. The van der Waals surface area contributed by atoms with E-state index in [0.717, 1.165) is 26.0 Å². The van der Waals surface area contributed by atoms with Gasteiger partial charge < -0.3 is 15.4 Å². The second-order valence-electron chi connectivity index (χ2n) is 6.13. The van der Waals surface area contributed by atoms with E-state index in [1.165, 1.54) is 6.42 Å². The van der Waals surface area contributed by atoms with Gasteiger partial charge in [0.25, 0.3) is 0 Å². The Morgan fingerprint density at radius 2 is 2.22 bits per heavy atom. The first-order chi connectivity index (χ1) is 8.57. The fraction of sp³-hybridized carbons (Fsp3) is 0.929. The summed E-state index contributed by atoms with van der Waals surface area (Å²) >= 11 is 0. The molecule has 1 amide bonds. The molecular formula is C14H26N2O2. The van der Waals surface area contributed by atoms with Crippen LogP contribution in [0.1, 0.15) is 40.0 Å². The van der Waals surface area contributed by atoms with Gasteiger partial charge in [-0.15, -0.1) is 0 Å². The normalized spacial score (nSPS) is 33.4. The maximum atomic E-state index is 11.6. The molecule has 104 valence electrons. The van der Waals surface area contributed by atoms with E-state index in [9.17, 15) is 4.79 Å². The second-order valence-corrected chi connectivity index (χ2v) is 6.13. The molecule has 0 bridgehead atoms. The third-order valence-corrected chi connectivity index (χ3v) is 4.39. The Balaban J connectivity index is 1.80. The maximum absolute atomic E-state index is 11.6. The van der Waals surface area contributed by atoms with Crippen molar-refractivity contribution < 1.29 is 9.53 Å². The molecule has 1 aliphatic carbocycles. The zero-order chi connectivity index (χ0) is 13.2. The second kappa shape index (κ2) is 5.57. The molecule has 1 saturated carbocycles. The molecule has 1 heterocycles. The van der Waals surface area contributed by atoms with Crippen molar-refractivity contribution in [3.05, 3.63) is 0 Å². The Kier molecular flexibility index (Phi) is 4.28. The highest BCUT2D eigenvalue weighted by Crippen LogP contribution is 2.51. The summed E-state index contributed by atoms with van der Waals surface area (Å²) in [7, 11) is 0. The summed E-state index contributed by atoms with van der Waals surface area (Å²) in [5, 5.41) is 6.33. The minimum absolute atomic E-state index is 0.104. The van der Waals surface area contributed by atoms with E-state index in [1.54, 1.807) is 0 Å². The SMILES string of the molecule is CCCNC(=O)CNC1C2CCCOC2C1(C)C. The van der Waals surface area contributed by atoms with Crippen LogP contribution in [0.25, 0.3) is 0 Å². The van der Waals surface area contributed by atoms with Crippen molar-refractivity contribution in [3.63, 3.8) is 0 Å². The van der Waals surface area contributed by atoms with Gasteiger partial charge in [0.05, 0.1) is 12.6 Å². The van der Waals surface area contributed by atoms with Gasteiger partial charge in [0.15, 0.2) is 0 Å². The molecule has 0 aromatic rings. The van der Waals surface area contributed by atoms with Crippen molar-refractivity contribution in [1.29, 1.82) is 0 Å². The Labute approximate surface area is 110 Å². The Morgan fingerprint density at radius 1 is 1.44 bits per heavy atom. The van der Waals surface area contributed by atoms with Crippen LogP contribution in [0.5, 0.6) is 0 Å². The highest BCUT2D eigenvalue weighted by molar-refractivity contribution is 5.78. The number of carbonyl (C=O) groups excluding carboxylic acids is 1. The molecule has 3 unspecified atom stereocenters. The zero-order valence-corrected chi connectivity index (χ0v) is 11.8. The molecule has 2 rings (SSSR count). The molecule has 0 spiro atoms. The van der Waals surface area contributed by atoms with Gasteiger partial charge in [-0.1, -0.05) is 20.8 Å². The van der Waals surface area contributed by atoms with Crippen LogP contribution < -0.4 is 10.6 Å². The Morgan fingerprint density at radius 3 is 2.94 bits per heavy atom. The number of nitrogens with one attached hydrogen (secondary N) is 2. The van der Waals surface area contributed by atoms with Crippen molar-refractivity contribution in [3.8, 4) is 0 Å². The van der Waals surface area contributed by atoms with Crippen molar-refractivity contribution in [2.75, 3.05) is 19.7 Å². The first kappa shape index (κ1) is 13.8. The first-order valence-electron chi connectivity index (χ1n) is 7.19. The Hall–Kier alpha value is -0.610. The number of ether oxygens (including phenoxy) is 1. The number of rotatable bonds is 5. The van der Waals surface area contributed by atoms with Crippen molar-refractivity contribution >= 4 is 5.91 Å². The summed E-state index contributed by atoms with van der Waals surface area (Å²) in [6.45, 7) is 8.63. The molecule has 0 aromatic heterocycles. The van der Waals surface area contributed by atoms with Crippen LogP contribution >= 0.6 is 0 Å². The van der Waals surface area contributed by atoms with Gasteiger partial charge >= 0.3 is 0 Å². The van der Waals surface area contributed by atoms with Crippen molar-refractivity contribution in [2.24, 2.45) is 11.3 Å². The molecule has 0 radical (unpaired) electrons. The van der Waals surface area contributed by atoms with Crippen LogP contribution in [0.3, 0.4) is 0 Å². The molecule has 2 aliphatic rings. The van der Waals surface area contributed by atoms with Crippen LogP contribution in [0.2, 0.25) is 0 Å². The van der Waals surface area contributed by atoms with Gasteiger partial charge in [0, 0.05) is 30.5 Å². The fourth-order valence-electron chi connectivity index (χ4n) is 3.47. The summed E-state index contributed by atoms with van der Waals surface area (Å²) in [6.07, 6.45) is 3.74. The highest BCUT2D eigenvalue weighted by atomic mass is 16.5. The summed E-state index contributed by atoms with van der Waals surface area (Å²) in [6, 6.07) is 0.412. The molecule has 4 heteroatoms. The number of amides is 1. The predicted molar refractivity (Wildman–Crippen MR) is 71.3 cm³/mol. The minimum atomic E-state index is 0.104. The predicted octanol–water partition coefficient (Wildman–Crippen LogP) is 1.31. The molecule has 0 aromatic carbocycles. The molecule has 4 nitrogen and oxygen atoms in total. The van der Waals surface area contributed by atoms with E-state index in [2.05, 4.69) is 31.4 Å². The third kappa shape index (κ3) is 2.54. The van der Waals surface area contributed by atoms with E-state index >= 15 is 0 Å². The third-order valence-electron chi connectivity index (χ3n) is 4.39. The largest absolute Gasteiger partial charge is 0.377 e. The minimum Gasteiger partial charge on any atom is -0.377 e. The number of fused-ring (bicyclic) bond motifs is 1. The van der Waals surface area contributed by atoms with Crippen LogP contribution in [0.4, 0.5) is 0 Å². The number of carbonyl (C=O) groups is 1. The molecule has 18 heavy (non-hydrogen) atoms. The molecule has 2 N–H and O–H groups in total. The van der Waals surface area contributed by atoms with Crippen molar-refractivity contribution in [1.82, 2.24) is 10.6 Å². The van der Waals surface area contributed by atoms with E-state index in [-0.39, 0.29) is 11.3 Å². The number of hydrogen-bond donors (Lipinski definition) is 2. The summed E-state index contributed by atoms with van der Waals surface area (Å²) < 4.78 is 5.85. The van der Waals surface area contributed by atoms with Crippen LogP contribution in [-0.2, 0) is 9.53 Å². The smallest absolute Gasteiger partial charge is 0.233 e.